The summed E-state index contributed by atoms with van der Waals surface area (Å²) in [5, 5.41) is 11.2. The quantitative estimate of drug-likeness (QED) is 0.408. The van der Waals surface area contributed by atoms with Crippen LogP contribution in [-0.4, -0.2) is 46.2 Å². The normalized spacial score (nSPS) is 14.4. The molecule has 1 saturated heterocycles. The summed E-state index contributed by atoms with van der Waals surface area (Å²) in [7, 11) is 0. The van der Waals surface area contributed by atoms with Crippen molar-refractivity contribution in [1.29, 1.82) is 0 Å². The van der Waals surface area contributed by atoms with Crippen molar-refractivity contribution < 1.29 is 33.4 Å². The number of aromatic carboxylic acids is 1. The van der Waals surface area contributed by atoms with Crippen LogP contribution in [0.4, 0.5) is 10.5 Å². The molecule has 4 rings (SSSR count). The van der Waals surface area contributed by atoms with Gasteiger partial charge in [-0.3, -0.25) is 19.3 Å². The van der Waals surface area contributed by atoms with Gasteiger partial charge in [0.25, 0.3) is 11.1 Å². The number of carbonyl (C=O) groups excluding carboxylic acids is 3. The molecule has 3 amide bonds. The highest BCUT2D eigenvalue weighted by Crippen LogP contribution is 2.34. The molecule has 1 fully saturated rings. The molecule has 0 aliphatic carbocycles. The summed E-state index contributed by atoms with van der Waals surface area (Å²) in [5.41, 5.74) is 2.11. The minimum Gasteiger partial charge on any atom is -0.494 e. The van der Waals surface area contributed by atoms with E-state index in [1.54, 1.807) is 55.5 Å². The zero-order valence-electron chi connectivity index (χ0n) is 19.4. The number of hydrogen-bond acceptors (Lipinski definition) is 7. The Hall–Kier alpha value is -4.31. The minimum absolute atomic E-state index is 0.132. The summed E-state index contributed by atoms with van der Waals surface area (Å²) in [6.07, 6.45) is 1.44. The summed E-state index contributed by atoms with van der Waals surface area (Å²) in [4.78, 5) is 49.8. The molecule has 0 atom stereocenters. The van der Waals surface area contributed by atoms with Crippen LogP contribution in [0.5, 0.6) is 5.75 Å². The lowest BCUT2D eigenvalue weighted by Gasteiger charge is -2.12. The number of carbonyl (C=O) groups is 4. The van der Waals surface area contributed by atoms with E-state index in [0.717, 1.165) is 22.2 Å². The third kappa shape index (κ3) is 5.49. The molecule has 1 aliphatic rings. The molecule has 0 bridgehead atoms. The number of anilines is 1. The van der Waals surface area contributed by atoms with Gasteiger partial charge in [0.05, 0.1) is 17.1 Å². The van der Waals surface area contributed by atoms with Crippen molar-refractivity contribution in [2.45, 2.75) is 13.8 Å². The van der Waals surface area contributed by atoms with Gasteiger partial charge in [-0.15, -0.1) is 0 Å². The number of nitrogens with zero attached hydrogens (tertiary/aromatic N) is 1. The van der Waals surface area contributed by atoms with E-state index in [1.807, 2.05) is 6.92 Å². The van der Waals surface area contributed by atoms with Crippen molar-refractivity contribution in [2.75, 3.05) is 18.5 Å². The van der Waals surface area contributed by atoms with E-state index >= 15 is 0 Å². The average molecular weight is 507 g/mol. The number of furan rings is 1. The molecular formula is C26H22N2O7S. The first-order chi connectivity index (χ1) is 17.2. The standard InChI is InChI=1S/C26H22N2O7S/c1-3-34-18-7-5-17(6-8-18)27-23(29)14-28-24(30)22(36-26(28)33)13-19-9-11-21(35-19)20-10-4-16(25(31)32)12-15(20)2/h4-13H,3,14H2,1-2H3,(H,27,29)(H,31,32)/b22-13+. The predicted octanol–water partition coefficient (Wildman–Crippen LogP) is 5.03. The number of ether oxygens (including phenoxy) is 1. The van der Waals surface area contributed by atoms with Gasteiger partial charge in [0, 0.05) is 17.3 Å². The van der Waals surface area contributed by atoms with E-state index in [1.165, 1.54) is 12.1 Å². The van der Waals surface area contributed by atoms with Crippen molar-refractivity contribution in [3.63, 3.8) is 0 Å². The van der Waals surface area contributed by atoms with E-state index in [4.69, 9.17) is 14.3 Å². The molecule has 0 radical (unpaired) electrons. The first kappa shape index (κ1) is 24.8. The average Bonchev–Trinajstić information content (AvgIpc) is 3.40. The van der Waals surface area contributed by atoms with Gasteiger partial charge in [0.1, 0.15) is 23.8 Å². The van der Waals surface area contributed by atoms with Crippen LogP contribution in [0.25, 0.3) is 17.4 Å². The van der Waals surface area contributed by atoms with Gasteiger partial charge in [-0.05, 0) is 79.7 Å². The monoisotopic (exact) mass is 506 g/mol. The maximum atomic E-state index is 12.8. The minimum atomic E-state index is -1.02. The molecule has 2 N–H and O–H groups in total. The number of nitrogens with one attached hydrogen (secondary N) is 1. The topological polar surface area (TPSA) is 126 Å². The predicted molar refractivity (Wildman–Crippen MR) is 135 cm³/mol. The maximum Gasteiger partial charge on any atom is 0.335 e. The van der Waals surface area contributed by atoms with Crippen molar-refractivity contribution in [3.05, 3.63) is 76.4 Å². The second-order valence-corrected chi connectivity index (χ2v) is 8.80. The van der Waals surface area contributed by atoms with Crippen LogP contribution in [0.15, 0.2) is 63.9 Å². The van der Waals surface area contributed by atoms with Gasteiger partial charge in [-0.2, -0.15) is 0 Å². The third-order valence-corrected chi connectivity index (χ3v) is 6.17. The zero-order chi connectivity index (χ0) is 25.8. The molecule has 2 heterocycles. The van der Waals surface area contributed by atoms with E-state index in [-0.39, 0.29) is 10.5 Å². The molecule has 184 valence electrons. The first-order valence-electron chi connectivity index (χ1n) is 11.0. The summed E-state index contributed by atoms with van der Waals surface area (Å²) in [6.45, 7) is 3.74. The highest BCUT2D eigenvalue weighted by molar-refractivity contribution is 8.18. The molecule has 0 saturated carbocycles. The number of thioether (sulfide) groups is 1. The Balaban J connectivity index is 1.43. The molecule has 0 spiro atoms. The van der Waals surface area contributed by atoms with Crippen molar-refractivity contribution in [3.8, 4) is 17.1 Å². The van der Waals surface area contributed by atoms with Gasteiger partial charge in [0.2, 0.25) is 5.91 Å². The fraction of sp³-hybridized carbons (Fsp3) is 0.154. The second kappa shape index (κ2) is 10.5. The van der Waals surface area contributed by atoms with Crippen molar-refractivity contribution >= 4 is 46.5 Å². The van der Waals surface area contributed by atoms with Crippen molar-refractivity contribution in [2.24, 2.45) is 0 Å². The SMILES string of the molecule is CCOc1ccc(NC(=O)CN2C(=O)S/C(=C/c3ccc(-c4ccc(C(=O)O)cc4C)o3)C2=O)cc1. The molecule has 1 aromatic heterocycles. The Morgan fingerprint density at radius 2 is 1.86 bits per heavy atom. The molecule has 1 aliphatic heterocycles. The highest BCUT2D eigenvalue weighted by atomic mass is 32.2. The second-order valence-electron chi connectivity index (χ2n) is 7.81. The van der Waals surface area contributed by atoms with Crippen LogP contribution in [0.1, 0.15) is 28.6 Å². The Morgan fingerprint density at radius 3 is 2.53 bits per heavy atom. The number of rotatable bonds is 8. The van der Waals surface area contributed by atoms with Crippen LogP contribution in [0.3, 0.4) is 0 Å². The first-order valence-corrected chi connectivity index (χ1v) is 11.8. The molecule has 2 aromatic carbocycles. The van der Waals surface area contributed by atoms with Crippen LogP contribution >= 0.6 is 11.8 Å². The fourth-order valence-electron chi connectivity index (χ4n) is 3.56. The van der Waals surface area contributed by atoms with Crippen LogP contribution < -0.4 is 10.1 Å². The van der Waals surface area contributed by atoms with E-state index in [0.29, 0.717) is 35.1 Å². The number of imide groups is 1. The van der Waals surface area contributed by atoms with Crippen LogP contribution in [-0.2, 0) is 9.59 Å². The molecule has 10 heteroatoms. The molecule has 3 aromatic rings. The fourth-order valence-corrected chi connectivity index (χ4v) is 4.38. The number of aryl methyl sites for hydroxylation is 1. The molecule has 9 nitrogen and oxygen atoms in total. The number of carboxylic acids is 1. The number of hydrogen-bond donors (Lipinski definition) is 2. The van der Waals surface area contributed by atoms with Gasteiger partial charge in [-0.1, -0.05) is 6.07 Å². The summed E-state index contributed by atoms with van der Waals surface area (Å²) in [5.74, 6) is -0.621. The Bertz CT molecular complexity index is 1380. The molecular weight excluding hydrogens is 484 g/mol. The lowest BCUT2D eigenvalue weighted by Crippen LogP contribution is -2.36. The highest BCUT2D eigenvalue weighted by Gasteiger charge is 2.36. The summed E-state index contributed by atoms with van der Waals surface area (Å²) >= 11 is 0.722. The zero-order valence-corrected chi connectivity index (χ0v) is 20.3. The lowest BCUT2D eigenvalue weighted by atomic mass is 10.0. The third-order valence-electron chi connectivity index (χ3n) is 5.26. The van der Waals surface area contributed by atoms with Gasteiger partial charge < -0.3 is 19.6 Å². The maximum absolute atomic E-state index is 12.8. The Kier molecular flexibility index (Phi) is 7.25. The van der Waals surface area contributed by atoms with E-state index in [9.17, 15) is 19.2 Å². The smallest absolute Gasteiger partial charge is 0.335 e. The number of carboxylic acid groups (broad SMARTS) is 1. The van der Waals surface area contributed by atoms with E-state index in [2.05, 4.69) is 5.32 Å². The summed E-state index contributed by atoms with van der Waals surface area (Å²) in [6, 6.07) is 14.8. The molecule has 36 heavy (non-hydrogen) atoms. The number of benzene rings is 2. The van der Waals surface area contributed by atoms with Gasteiger partial charge in [-0.25, -0.2) is 4.79 Å². The largest absolute Gasteiger partial charge is 0.494 e. The van der Waals surface area contributed by atoms with E-state index < -0.39 is 29.6 Å². The number of amides is 3. The summed E-state index contributed by atoms with van der Waals surface area (Å²) < 4.78 is 11.2. The van der Waals surface area contributed by atoms with Crippen LogP contribution in [0, 0.1) is 6.92 Å². The van der Waals surface area contributed by atoms with Crippen molar-refractivity contribution in [1.82, 2.24) is 4.90 Å². The van der Waals surface area contributed by atoms with Gasteiger partial charge in [0.15, 0.2) is 0 Å². The van der Waals surface area contributed by atoms with Crippen LogP contribution in [0.2, 0.25) is 0 Å². The Morgan fingerprint density at radius 1 is 1.11 bits per heavy atom. The van der Waals surface area contributed by atoms with Gasteiger partial charge >= 0.3 is 5.97 Å². The molecule has 0 unspecified atom stereocenters. The lowest BCUT2D eigenvalue weighted by molar-refractivity contribution is -0.127. The Labute approximate surface area is 210 Å².